The van der Waals surface area contributed by atoms with Crippen LogP contribution < -0.4 is 9.46 Å². The smallest absolute Gasteiger partial charge is 0.241 e. The molecule has 10 heteroatoms. The predicted octanol–water partition coefficient (Wildman–Crippen LogP) is 4.19. The number of nitrogens with zero attached hydrogens (tertiary/aromatic N) is 2. The summed E-state index contributed by atoms with van der Waals surface area (Å²) in [6, 6.07) is 11.4. The Balaban J connectivity index is 1.34. The van der Waals surface area contributed by atoms with Crippen LogP contribution in [-0.4, -0.2) is 43.9 Å². The SMILES string of the molecule is COc1ccc2ccc(S(=O)(=O)N[C@H]3CCN(Cc4csc5ccnc(Cl)c45)C3=O)cc2c1. The number of hydrogen-bond acceptors (Lipinski definition) is 6. The lowest BCUT2D eigenvalue weighted by molar-refractivity contribution is -0.129. The Labute approximate surface area is 200 Å². The van der Waals surface area contributed by atoms with Crippen molar-refractivity contribution in [2.75, 3.05) is 13.7 Å². The standard InChI is InChI=1S/C23H20ClN3O4S2/c1-31-17-4-2-14-3-5-18(11-15(14)10-17)33(29,30)26-19-7-9-27(23(19)28)12-16-13-32-20-6-8-25-22(24)21(16)20/h2-6,8,10-11,13,19,26H,7,9,12H2,1H3/t19-/m0/s1. The first kappa shape index (κ1) is 22.1. The summed E-state index contributed by atoms with van der Waals surface area (Å²) in [5, 5.41) is 4.85. The molecule has 2 aromatic carbocycles. The minimum absolute atomic E-state index is 0.108. The summed E-state index contributed by atoms with van der Waals surface area (Å²) in [5.41, 5.74) is 0.911. The van der Waals surface area contributed by atoms with E-state index in [0.29, 0.717) is 30.4 Å². The normalized spacial score (nSPS) is 16.7. The second kappa shape index (κ2) is 8.57. The predicted molar refractivity (Wildman–Crippen MR) is 129 cm³/mol. The van der Waals surface area contributed by atoms with E-state index in [1.807, 2.05) is 23.6 Å². The number of carbonyl (C=O) groups is 1. The van der Waals surface area contributed by atoms with Gasteiger partial charge in [0.25, 0.3) is 0 Å². The van der Waals surface area contributed by atoms with E-state index in [1.54, 1.807) is 53.8 Å². The second-order valence-electron chi connectivity index (χ2n) is 7.83. The molecular formula is C23H20ClN3O4S2. The fraction of sp³-hybridized carbons (Fsp3) is 0.217. The molecule has 1 aliphatic heterocycles. The lowest BCUT2D eigenvalue weighted by Gasteiger charge is -2.17. The Morgan fingerprint density at radius 1 is 1.21 bits per heavy atom. The second-order valence-corrected chi connectivity index (χ2v) is 10.8. The van der Waals surface area contributed by atoms with E-state index < -0.39 is 16.1 Å². The van der Waals surface area contributed by atoms with E-state index in [1.165, 1.54) is 0 Å². The molecule has 1 N–H and O–H groups in total. The average molecular weight is 502 g/mol. The van der Waals surface area contributed by atoms with Gasteiger partial charge in [-0.1, -0.05) is 23.7 Å². The number of hydrogen-bond donors (Lipinski definition) is 1. The number of rotatable bonds is 6. The van der Waals surface area contributed by atoms with E-state index in [2.05, 4.69) is 9.71 Å². The van der Waals surface area contributed by atoms with Crippen LogP contribution in [0.2, 0.25) is 5.15 Å². The largest absolute Gasteiger partial charge is 0.497 e. The summed E-state index contributed by atoms with van der Waals surface area (Å²) in [4.78, 5) is 18.9. The van der Waals surface area contributed by atoms with Gasteiger partial charge in [-0.05, 0) is 58.5 Å². The first-order valence-electron chi connectivity index (χ1n) is 10.3. The zero-order chi connectivity index (χ0) is 23.2. The number of methoxy groups -OCH3 is 1. The molecule has 1 atom stereocenters. The first-order chi connectivity index (χ1) is 15.9. The fourth-order valence-electron chi connectivity index (χ4n) is 4.08. The van der Waals surface area contributed by atoms with Gasteiger partial charge in [0.1, 0.15) is 16.9 Å². The summed E-state index contributed by atoms with van der Waals surface area (Å²) in [7, 11) is -2.32. The highest BCUT2D eigenvalue weighted by atomic mass is 35.5. The van der Waals surface area contributed by atoms with Crippen LogP contribution in [-0.2, 0) is 21.4 Å². The van der Waals surface area contributed by atoms with Gasteiger partial charge in [-0.3, -0.25) is 4.79 Å². The van der Waals surface area contributed by atoms with Gasteiger partial charge in [0.2, 0.25) is 15.9 Å². The molecule has 33 heavy (non-hydrogen) atoms. The quantitative estimate of drug-likeness (QED) is 0.400. The van der Waals surface area contributed by atoms with Crippen LogP contribution in [0.1, 0.15) is 12.0 Å². The van der Waals surface area contributed by atoms with Crippen LogP contribution in [0.5, 0.6) is 5.75 Å². The van der Waals surface area contributed by atoms with Crippen LogP contribution in [0.15, 0.2) is 58.9 Å². The van der Waals surface area contributed by atoms with Crippen molar-refractivity contribution in [1.29, 1.82) is 0 Å². The minimum atomic E-state index is -3.88. The van der Waals surface area contributed by atoms with Gasteiger partial charge in [0.05, 0.1) is 12.0 Å². The molecule has 3 heterocycles. The van der Waals surface area contributed by atoms with E-state index in [0.717, 1.165) is 26.4 Å². The van der Waals surface area contributed by atoms with Crippen molar-refractivity contribution in [1.82, 2.24) is 14.6 Å². The van der Waals surface area contributed by atoms with E-state index in [4.69, 9.17) is 16.3 Å². The number of halogens is 1. The molecule has 1 aliphatic rings. The number of aromatic nitrogens is 1. The third-order valence-electron chi connectivity index (χ3n) is 5.80. The summed E-state index contributed by atoms with van der Waals surface area (Å²) < 4.78 is 34.9. The number of carbonyl (C=O) groups excluding carboxylic acids is 1. The zero-order valence-corrected chi connectivity index (χ0v) is 20.0. The molecule has 5 rings (SSSR count). The Morgan fingerprint density at radius 2 is 2.03 bits per heavy atom. The van der Waals surface area contributed by atoms with Gasteiger partial charge in [0, 0.05) is 29.4 Å². The number of ether oxygens (including phenoxy) is 1. The lowest BCUT2D eigenvalue weighted by Crippen LogP contribution is -2.41. The number of thiophene rings is 1. The molecule has 0 spiro atoms. The topological polar surface area (TPSA) is 88.6 Å². The molecule has 0 aliphatic carbocycles. The minimum Gasteiger partial charge on any atom is -0.497 e. The molecule has 170 valence electrons. The van der Waals surface area contributed by atoms with Crippen LogP contribution in [0, 0.1) is 0 Å². The maximum absolute atomic E-state index is 13.0. The molecule has 0 saturated carbocycles. The van der Waals surface area contributed by atoms with Crippen molar-refractivity contribution < 1.29 is 17.9 Å². The third-order valence-corrected chi connectivity index (χ3v) is 8.55. The summed E-state index contributed by atoms with van der Waals surface area (Å²) in [5.74, 6) is 0.392. The molecule has 0 radical (unpaired) electrons. The van der Waals surface area contributed by atoms with Gasteiger partial charge in [0.15, 0.2) is 0 Å². The third kappa shape index (κ3) is 4.17. The summed E-state index contributed by atoms with van der Waals surface area (Å²) >= 11 is 7.80. The number of amides is 1. The summed E-state index contributed by atoms with van der Waals surface area (Å²) in [6.07, 6.45) is 2.05. The van der Waals surface area contributed by atoms with Crippen molar-refractivity contribution in [2.24, 2.45) is 0 Å². The van der Waals surface area contributed by atoms with Crippen LogP contribution in [0.4, 0.5) is 0 Å². The highest BCUT2D eigenvalue weighted by Crippen LogP contribution is 2.32. The molecule has 1 amide bonds. The number of sulfonamides is 1. The van der Waals surface area contributed by atoms with E-state index in [9.17, 15) is 13.2 Å². The first-order valence-corrected chi connectivity index (χ1v) is 13.0. The van der Waals surface area contributed by atoms with E-state index in [-0.39, 0.29) is 10.8 Å². The molecule has 7 nitrogen and oxygen atoms in total. The number of likely N-dealkylation sites (tertiary alicyclic amines) is 1. The molecule has 4 aromatic rings. The molecule has 0 unspecified atom stereocenters. The van der Waals surface area contributed by atoms with Crippen molar-refractivity contribution in [3.05, 3.63) is 64.8 Å². The van der Waals surface area contributed by atoms with Crippen LogP contribution >= 0.6 is 22.9 Å². The lowest BCUT2D eigenvalue weighted by atomic mass is 10.1. The summed E-state index contributed by atoms with van der Waals surface area (Å²) in [6.45, 7) is 0.814. The average Bonchev–Trinajstić information content (AvgIpc) is 3.37. The molecule has 1 fully saturated rings. The maximum Gasteiger partial charge on any atom is 0.241 e. The van der Waals surface area contributed by atoms with Gasteiger partial charge >= 0.3 is 0 Å². The zero-order valence-electron chi connectivity index (χ0n) is 17.6. The molecular weight excluding hydrogens is 482 g/mol. The van der Waals surface area contributed by atoms with E-state index >= 15 is 0 Å². The number of benzene rings is 2. The Kier molecular flexibility index (Phi) is 5.74. The van der Waals surface area contributed by atoms with Gasteiger partial charge in [-0.25, -0.2) is 13.4 Å². The van der Waals surface area contributed by atoms with Crippen molar-refractivity contribution in [2.45, 2.75) is 23.9 Å². The number of pyridine rings is 1. The highest BCUT2D eigenvalue weighted by molar-refractivity contribution is 7.89. The van der Waals surface area contributed by atoms with Gasteiger partial charge < -0.3 is 9.64 Å². The molecule has 2 aromatic heterocycles. The maximum atomic E-state index is 13.0. The van der Waals surface area contributed by atoms with Crippen molar-refractivity contribution in [3.63, 3.8) is 0 Å². The van der Waals surface area contributed by atoms with Crippen molar-refractivity contribution >= 4 is 59.7 Å². The number of nitrogens with one attached hydrogen (secondary N) is 1. The van der Waals surface area contributed by atoms with Crippen LogP contribution in [0.25, 0.3) is 20.9 Å². The molecule has 0 bridgehead atoms. The monoisotopic (exact) mass is 501 g/mol. The fourth-order valence-corrected chi connectivity index (χ4v) is 6.62. The van der Waals surface area contributed by atoms with Gasteiger partial charge in [-0.15, -0.1) is 11.3 Å². The Morgan fingerprint density at radius 3 is 2.85 bits per heavy atom. The van der Waals surface area contributed by atoms with Gasteiger partial charge in [-0.2, -0.15) is 4.72 Å². The highest BCUT2D eigenvalue weighted by Gasteiger charge is 2.35. The number of fused-ring (bicyclic) bond motifs is 2. The Bertz CT molecular complexity index is 1490. The Hall–Kier alpha value is -2.72. The van der Waals surface area contributed by atoms with Crippen LogP contribution in [0.3, 0.4) is 0 Å². The molecule has 1 saturated heterocycles. The van der Waals surface area contributed by atoms with Crippen molar-refractivity contribution in [3.8, 4) is 5.75 Å².